The molecule has 0 aromatic heterocycles. The monoisotopic (exact) mass is 1330 g/mol. The van der Waals surface area contributed by atoms with E-state index in [0.717, 1.165) is 6.92 Å². The number of Topliss-reactive ketones (excluding diaryl/α,β-unsaturated/α-hetero) is 6. The van der Waals surface area contributed by atoms with Gasteiger partial charge in [-0.15, -0.1) is 0 Å². The van der Waals surface area contributed by atoms with E-state index in [1.165, 1.54) is 23.6 Å². The minimum atomic E-state index is -1.75. The quantitative estimate of drug-likeness (QED) is 0.0374. The van der Waals surface area contributed by atoms with E-state index in [9.17, 15) is 107 Å². The molecule has 32 heteroatoms. The first-order valence-electron chi connectivity index (χ1n) is 30.5. The van der Waals surface area contributed by atoms with Gasteiger partial charge in [0.2, 0.25) is 41.4 Å². The van der Waals surface area contributed by atoms with E-state index in [-0.39, 0.29) is 88.5 Å². The van der Waals surface area contributed by atoms with Crippen molar-refractivity contribution in [1.29, 1.82) is 0 Å². The van der Waals surface area contributed by atoms with Crippen molar-refractivity contribution in [3.63, 3.8) is 0 Å². The Balaban J connectivity index is 3.12. The fourth-order valence-corrected chi connectivity index (χ4v) is 10.4. The number of carboxylic acid groups (broad SMARTS) is 5. The van der Waals surface area contributed by atoms with Crippen molar-refractivity contribution in [3.8, 4) is 0 Å². The van der Waals surface area contributed by atoms with Crippen molar-refractivity contribution >= 4 is 118 Å². The average molecular weight is 1330 g/mol. The van der Waals surface area contributed by atoms with Crippen LogP contribution >= 0.6 is 11.8 Å². The molecule has 1 rings (SSSR count). The molecule has 0 saturated carbocycles. The number of hydrogen-bond acceptors (Lipinski definition) is 20. The van der Waals surface area contributed by atoms with Crippen LogP contribution in [0.15, 0.2) is 0 Å². The number of rotatable bonds is 51. The lowest BCUT2D eigenvalue weighted by molar-refractivity contribution is -0.142. The van der Waals surface area contributed by atoms with Gasteiger partial charge in [-0.2, -0.15) is 11.8 Å². The van der Waals surface area contributed by atoms with Crippen LogP contribution in [0.1, 0.15) is 169 Å². The zero-order valence-electron chi connectivity index (χ0n) is 53.0. The summed E-state index contributed by atoms with van der Waals surface area (Å²) in [6.45, 7) is 7.04. The van der Waals surface area contributed by atoms with Crippen LogP contribution in [-0.2, 0) is 91.0 Å². The maximum absolute atomic E-state index is 14.0. The Hall–Kier alpha value is -8.03. The van der Waals surface area contributed by atoms with Crippen LogP contribution in [0.5, 0.6) is 0 Å². The number of hydrogen-bond donors (Lipinski definition) is 11. The maximum Gasteiger partial charge on any atom is 0.303 e. The number of likely N-dealkylation sites (tertiary alicyclic amines) is 1. The third-order valence-corrected chi connectivity index (χ3v) is 15.5. The third-order valence-electron chi connectivity index (χ3n) is 14.9. The summed E-state index contributed by atoms with van der Waals surface area (Å²) in [6.07, 6.45) is -6.21. The van der Waals surface area contributed by atoms with Gasteiger partial charge in [0.1, 0.15) is 12.6 Å². The van der Waals surface area contributed by atoms with Gasteiger partial charge >= 0.3 is 29.8 Å². The van der Waals surface area contributed by atoms with E-state index < -0.39 is 238 Å². The van der Waals surface area contributed by atoms with E-state index in [2.05, 4.69) is 31.9 Å². The summed E-state index contributed by atoms with van der Waals surface area (Å²) in [6, 6.07) is -7.72. The number of nitrogens with one attached hydrogen (secondary N) is 6. The van der Waals surface area contributed by atoms with Crippen molar-refractivity contribution in [1.82, 2.24) is 36.8 Å². The smallest absolute Gasteiger partial charge is 0.303 e. The number of ketones is 6. The minimum Gasteiger partial charge on any atom is -0.481 e. The Kier molecular flexibility index (Phi) is 38.9. The zero-order chi connectivity index (χ0) is 69.8. The number of amides is 7. The van der Waals surface area contributed by atoms with Gasteiger partial charge in [0.15, 0.2) is 34.7 Å². The first kappa shape index (κ1) is 82.0. The molecule has 1 heterocycles. The number of thioether (sulfide) groups is 1. The van der Waals surface area contributed by atoms with Crippen molar-refractivity contribution < 1.29 is 117 Å². The summed E-state index contributed by atoms with van der Waals surface area (Å²) in [4.78, 5) is 231. The van der Waals surface area contributed by atoms with E-state index in [0.29, 0.717) is 6.42 Å². The summed E-state index contributed by atoms with van der Waals surface area (Å²) in [5.41, 5.74) is 0. The lowest BCUT2D eigenvalue weighted by Gasteiger charge is -2.27. The van der Waals surface area contributed by atoms with Crippen LogP contribution in [0.25, 0.3) is 0 Å². The van der Waals surface area contributed by atoms with Crippen LogP contribution in [0.3, 0.4) is 0 Å². The summed E-state index contributed by atoms with van der Waals surface area (Å²) in [7, 11) is 0. The van der Waals surface area contributed by atoms with Gasteiger partial charge < -0.3 is 67.1 Å². The highest BCUT2D eigenvalue weighted by Crippen LogP contribution is 2.22. The standard InChI is InChI=1S/C60H91N7O24S/c1-7-38(69)30-61-57(87)34(4)27-47(72)43(32-92-6)63-50(75)18-17-46(71)42(26-33(2)3)66-60(90)44-10-8-24-67(44)51(76)31-91-25-9-11-45(70)39(14-21-54(81)82)64-58(88)37(13-20-53(79)80)29-49(74)41(16-23-56(85)86)65-59(89)36(12-19-52(77)78)28-48(73)40(62-35(5)68)15-22-55(83)84/h33-34,36-37,39-44H,7-32H2,1-6H3,(H,61,87)(H,62,68)(H,63,75)(H,64,88)(H,65,89)(H,66,90)(H,77,78)(H,79,80)(H,81,82)(H,83,84)(H,85,86)/t34-,36+,37+,39-,40-,41-,42+,43+,44+/m1/s1. The first-order chi connectivity index (χ1) is 43.2. The van der Waals surface area contributed by atoms with E-state index in [4.69, 9.17) is 9.84 Å². The Bertz CT molecular complexity index is 2650. The molecule has 31 nitrogen and oxygen atoms in total. The Morgan fingerprint density at radius 2 is 1.00 bits per heavy atom. The molecule has 0 spiro atoms. The highest BCUT2D eigenvalue weighted by Gasteiger charge is 2.38. The van der Waals surface area contributed by atoms with Gasteiger partial charge in [-0.3, -0.25) is 86.3 Å². The van der Waals surface area contributed by atoms with Gasteiger partial charge in [-0.1, -0.05) is 27.7 Å². The Morgan fingerprint density at radius 1 is 0.533 bits per heavy atom. The lowest BCUT2D eigenvalue weighted by atomic mass is 9.89. The molecule has 7 amide bonds. The minimum absolute atomic E-state index is 0.0939. The maximum atomic E-state index is 14.0. The largest absolute Gasteiger partial charge is 0.481 e. The molecule has 0 radical (unpaired) electrons. The van der Waals surface area contributed by atoms with Crippen LogP contribution in [0.2, 0.25) is 0 Å². The second-order valence-electron chi connectivity index (χ2n) is 23.1. The highest BCUT2D eigenvalue weighted by molar-refractivity contribution is 7.98. The summed E-state index contributed by atoms with van der Waals surface area (Å²) < 4.78 is 5.56. The van der Waals surface area contributed by atoms with Gasteiger partial charge in [-0.05, 0) is 70.0 Å². The molecule has 0 aromatic rings. The Morgan fingerprint density at radius 3 is 1.47 bits per heavy atom. The molecule has 0 unspecified atom stereocenters. The van der Waals surface area contributed by atoms with Crippen molar-refractivity contribution in [2.75, 3.05) is 38.3 Å². The molecule has 0 aliphatic carbocycles. The molecule has 92 heavy (non-hydrogen) atoms. The van der Waals surface area contributed by atoms with Crippen molar-refractivity contribution in [2.45, 2.75) is 206 Å². The molecule has 1 aliphatic rings. The Labute approximate surface area is 536 Å². The summed E-state index contributed by atoms with van der Waals surface area (Å²) in [5.74, 6) is -19.8. The van der Waals surface area contributed by atoms with E-state index in [1.807, 2.05) is 13.8 Å². The van der Waals surface area contributed by atoms with Crippen LogP contribution < -0.4 is 31.9 Å². The van der Waals surface area contributed by atoms with Gasteiger partial charge in [-0.25, -0.2) is 0 Å². The molecule has 11 N–H and O–H groups in total. The SMILES string of the molecule is CCC(=O)CNC(=O)[C@H](C)CC(=O)[C@H](CSC)NC(=O)CCC(=O)[C@H](CC(C)C)NC(=O)[C@@H]1CCCN1C(=O)COCCCC(=O)[C@@H](CCC(=O)O)NC(=O)[C@@H](CCC(=O)O)CC(=O)[C@@H](CCC(=O)O)NC(=O)[C@@H](CCC(=O)O)CC(=O)[C@@H](CCC(=O)O)NC(C)=O. The van der Waals surface area contributed by atoms with Gasteiger partial charge in [0, 0.05) is 121 Å². The average Bonchev–Trinajstić information content (AvgIpc) is 1.67. The molecular formula is C60H91N7O24S. The lowest BCUT2D eigenvalue weighted by Crippen LogP contribution is -2.52. The highest BCUT2D eigenvalue weighted by atomic mass is 32.2. The van der Waals surface area contributed by atoms with Crippen molar-refractivity contribution in [3.05, 3.63) is 0 Å². The van der Waals surface area contributed by atoms with Crippen LogP contribution in [0.4, 0.5) is 0 Å². The third kappa shape index (κ3) is 33.9. The number of nitrogens with zero attached hydrogens (tertiary/aromatic N) is 1. The van der Waals surface area contributed by atoms with Gasteiger partial charge in [0.25, 0.3) is 0 Å². The van der Waals surface area contributed by atoms with Crippen molar-refractivity contribution in [2.24, 2.45) is 23.7 Å². The number of aliphatic carboxylic acids is 5. The molecule has 0 aromatic carbocycles. The zero-order valence-corrected chi connectivity index (χ0v) is 53.8. The predicted molar refractivity (Wildman–Crippen MR) is 325 cm³/mol. The number of carbonyl (C=O) groups excluding carboxylic acids is 13. The number of carboxylic acids is 5. The fraction of sp³-hybridized carbons (Fsp3) is 0.700. The van der Waals surface area contributed by atoms with E-state index >= 15 is 0 Å². The normalized spacial score (nSPS) is 15.3. The molecular weight excluding hydrogens is 1230 g/mol. The molecule has 516 valence electrons. The predicted octanol–water partition coefficient (Wildman–Crippen LogP) is 0.711. The van der Waals surface area contributed by atoms with Gasteiger partial charge in [0.05, 0.1) is 36.8 Å². The molecule has 1 saturated heterocycles. The fourth-order valence-electron chi connectivity index (χ4n) is 9.78. The van der Waals surface area contributed by atoms with Crippen LogP contribution in [0, 0.1) is 23.7 Å². The molecule has 0 bridgehead atoms. The molecule has 1 fully saturated rings. The molecule has 9 atom stereocenters. The topological polar surface area (TPSA) is 493 Å². The summed E-state index contributed by atoms with van der Waals surface area (Å²) in [5, 5.41) is 61.9. The molecule has 1 aliphatic heterocycles. The first-order valence-corrected chi connectivity index (χ1v) is 31.9. The number of ether oxygens (including phenoxy) is 1. The second-order valence-corrected chi connectivity index (χ2v) is 24.0. The van der Waals surface area contributed by atoms with Crippen LogP contribution in [-0.4, -0.2) is 211 Å². The summed E-state index contributed by atoms with van der Waals surface area (Å²) >= 11 is 1.28. The van der Waals surface area contributed by atoms with E-state index in [1.54, 1.807) is 13.2 Å². The number of carbonyl (C=O) groups is 18. The second kappa shape index (κ2) is 43.7.